The van der Waals surface area contributed by atoms with E-state index in [9.17, 15) is 14.4 Å². The van der Waals surface area contributed by atoms with Crippen molar-refractivity contribution in [3.8, 4) is 5.75 Å². The van der Waals surface area contributed by atoms with Crippen LogP contribution in [0.15, 0.2) is 30.3 Å². The average Bonchev–Trinajstić information content (AvgIpc) is 2.62. The van der Waals surface area contributed by atoms with Crippen LogP contribution < -0.4 is 10.1 Å². The largest absolute Gasteiger partial charge is 0.450 e. The van der Waals surface area contributed by atoms with Crippen molar-refractivity contribution < 1.29 is 23.9 Å². The molecule has 1 aliphatic heterocycles. The molecule has 1 saturated heterocycles. The summed E-state index contributed by atoms with van der Waals surface area (Å²) in [5.74, 6) is 0.191. The average molecular weight is 349 g/mol. The second-order valence-corrected chi connectivity index (χ2v) is 5.58. The molecule has 1 fully saturated rings. The van der Waals surface area contributed by atoms with Crippen molar-refractivity contribution in [2.45, 2.75) is 19.9 Å². The first-order valence-electron chi connectivity index (χ1n) is 8.25. The van der Waals surface area contributed by atoms with Gasteiger partial charge in [0.2, 0.25) is 5.91 Å². The lowest BCUT2D eigenvalue weighted by Gasteiger charge is -2.35. The van der Waals surface area contributed by atoms with Crippen molar-refractivity contribution in [1.82, 2.24) is 15.1 Å². The summed E-state index contributed by atoms with van der Waals surface area (Å²) in [4.78, 5) is 39.1. The predicted molar refractivity (Wildman–Crippen MR) is 90.2 cm³/mol. The maximum atomic E-state index is 12.4. The summed E-state index contributed by atoms with van der Waals surface area (Å²) in [6.45, 7) is 5.29. The van der Waals surface area contributed by atoms with E-state index >= 15 is 0 Å². The van der Waals surface area contributed by atoms with E-state index in [1.807, 2.05) is 6.07 Å². The Morgan fingerprint density at radius 2 is 1.68 bits per heavy atom. The van der Waals surface area contributed by atoms with Gasteiger partial charge in [0.25, 0.3) is 0 Å². The van der Waals surface area contributed by atoms with Crippen LogP contribution in [0.3, 0.4) is 0 Å². The summed E-state index contributed by atoms with van der Waals surface area (Å²) in [6, 6.07) is 7.90. The van der Waals surface area contributed by atoms with Gasteiger partial charge in [-0.1, -0.05) is 18.2 Å². The molecular formula is C17H23N3O5. The Labute approximate surface area is 146 Å². The van der Waals surface area contributed by atoms with Gasteiger partial charge in [-0.2, -0.15) is 0 Å². The SMILES string of the molecule is CCOC(=O)N1CCN(C(=O)[C@H](C)NC(=O)Oc2ccccc2)CC1. The van der Waals surface area contributed by atoms with Crippen LogP contribution in [0.1, 0.15) is 13.8 Å². The third kappa shape index (κ3) is 5.37. The molecular weight excluding hydrogens is 326 g/mol. The van der Waals surface area contributed by atoms with E-state index in [1.165, 1.54) is 0 Å². The number of rotatable bonds is 4. The fraction of sp³-hybridized carbons (Fsp3) is 0.471. The molecule has 0 spiro atoms. The van der Waals surface area contributed by atoms with E-state index < -0.39 is 12.1 Å². The third-order valence-electron chi connectivity index (χ3n) is 3.78. The standard InChI is InChI=1S/C17H23N3O5/c1-3-24-17(23)20-11-9-19(10-12-20)15(21)13(2)18-16(22)25-14-7-5-4-6-8-14/h4-8,13H,3,9-12H2,1-2H3,(H,18,22)/t13-/m0/s1. The summed E-state index contributed by atoms with van der Waals surface area (Å²) in [5.41, 5.74) is 0. The smallest absolute Gasteiger partial charge is 0.413 e. The molecule has 1 aliphatic rings. The number of hydrogen-bond acceptors (Lipinski definition) is 5. The van der Waals surface area contributed by atoms with Crippen LogP contribution in [0, 0.1) is 0 Å². The Bertz CT molecular complexity index is 600. The van der Waals surface area contributed by atoms with Crippen molar-refractivity contribution >= 4 is 18.1 Å². The minimum Gasteiger partial charge on any atom is -0.450 e. The molecule has 25 heavy (non-hydrogen) atoms. The highest BCUT2D eigenvalue weighted by molar-refractivity contribution is 5.86. The third-order valence-corrected chi connectivity index (χ3v) is 3.78. The molecule has 8 nitrogen and oxygen atoms in total. The molecule has 1 N–H and O–H groups in total. The number of benzene rings is 1. The normalized spacial score (nSPS) is 15.3. The van der Waals surface area contributed by atoms with Crippen molar-refractivity contribution in [2.75, 3.05) is 32.8 Å². The number of nitrogens with zero attached hydrogens (tertiary/aromatic N) is 2. The number of piperazine rings is 1. The molecule has 136 valence electrons. The van der Waals surface area contributed by atoms with Crippen molar-refractivity contribution in [3.63, 3.8) is 0 Å². The fourth-order valence-electron chi connectivity index (χ4n) is 2.46. The summed E-state index contributed by atoms with van der Waals surface area (Å²) >= 11 is 0. The maximum absolute atomic E-state index is 12.4. The Hall–Kier alpha value is -2.77. The zero-order chi connectivity index (χ0) is 18.2. The number of nitrogens with one attached hydrogen (secondary N) is 1. The summed E-state index contributed by atoms with van der Waals surface area (Å²) < 4.78 is 10.1. The van der Waals surface area contributed by atoms with Crippen LogP contribution in [0.25, 0.3) is 0 Å². The van der Waals surface area contributed by atoms with Crippen LogP contribution in [0.5, 0.6) is 5.75 Å². The molecule has 0 aromatic heterocycles. The van der Waals surface area contributed by atoms with Crippen LogP contribution >= 0.6 is 0 Å². The number of para-hydroxylation sites is 1. The first kappa shape index (κ1) is 18.6. The second kappa shape index (κ2) is 8.91. The topological polar surface area (TPSA) is 88.2 Å². The van der Waals surface area contributed by atoms with Gasteiger partial charge in [0, 0.05) is 26.2 Å². The number of carbonyl (C=O) groups excluding carboxylic acids is 3. The molecule has 0 saturated carbocycles. The highest BCUT2D eigenvalue weighted by Gasteiger charge is 2.28. The molecule has 0 bridgehead atoms. The number of carbonyl (C=O) groups is 3. The van der Waals surface area contributed by atoms with E-state index in [1.54, 1.807) is 47.9 Å². The lowest BCUT2D eigenvalue weighted by Crippen LogP contribution is -2.55. The Morgan fingerprint density at radius 3 is 2.28 bits per heavy atom. The molecule has 1 atom stereocenters. The molecule has 0 radical (unpaired) electrons. The minimum atomic E-state index is -0.717. The molecule has 1 heterocycles. The number of ether oxygens (including phenoxy) is 2. The van der Waals surface area contributed by atoms with Crippen LogP contribution in [-0.4, -0.2) is 66.7 Å². The molecule has 1 aromatic carbocycles. The maximum Gasteiger partial charge on any atom is 0.413 e. The van der Waals surface area contributed by atoms with E-state index in [2.05, 4.69) is 5.32 Å². The lowest BCUT2D eigenvalue weighted by molar-refractivity contribution is -0.134. The Kier molecular flexibility index (Phi) is 6.62. The highest BCUT2D eigenvalue weighted by atomic mass is 16.6. The van der Waals surface area contributed by atoms with E-state index in [0.29, 0.717) is 38.5 Å². The van der Waals surface area contributed by atoms with Crippen LogP contribution in [-0.2, 0) is 9.53 Å². The number of amides is 3. The molecule has 1 aromatic rings. The quantitative estimate of drug-likeness (QED) is 0.889. The van der Waals surface area contributed by atoms with Gasteiger partial charge >= 0.3 is 12.2 Å². The van der Waals surface area contributed by atoms with Crippen molar-refractivity contribution in [2.24, 2.45) is 0 Å². The van der Waals surface area contributed by atoms with Crippen molar-refractivity contribution in [1.29, 1.82) is 0 Å². The first-order valence-corrected chi connectivity index (χ1v) is 8.25. The molecule has 8 heteroatoms. The predicted octanol–water partition coefficient (Wildman–Crippen LogP) is 1.46. The van der Waals surface area contributed by atoms with E-state index in [4.69, 9.17) is 9.47 Å². The van der Waals surface area contributed by atoms with Gasteiger partial charge in [-0.25, -0.2) is 9.59 Å². The van der Waals surface area contributed by atoms with Crippen LogP contribution in [0.4, 0.5) is 9.59 Å². The van der Waals surface area contributed by atoms with E-state index in [-0.39, 0.29) is 12.0 Å². The lowest BCUT2D eigenvalue weighted by atomic mass is 10.2. The van der Waals surface area contributed by atoms with Crippen molar-refractivity contribution in [3.05, 3.63) is 30.3 Å². The first-order chi connectivity index (χ1) is 12.0. The summed E-state index contributed by atoms with van der Waals surface area (Å²) in [5, 5.41) is 2.52. The van der Waals surface area contributed by atoms with Gasteiger partial charge in [-0.15, -0.1) is 0 Å². The van der Waals surface area contributed by atoms with Gasteiger partial charge in [-0.05, 0) is 26.0 Å². The highest BCUT2D eigenvalue weighted by Crippen LogP contribution is 2.09. The minimum absolute atomic E-state index is 0.214. The fourth-order valence-corrected chi connectivity index (χ4v) is 2.46. The number of hydrogen-bond donors (Lipinski definition) is 1. The Balaban J connectivity index is 1.78. The van der Waals surface area contributed by atoms with Gasteiger partial charge in [0.15, 0.2) is 0 Å². The molecule has 0 aliphatic carbocycles. The molecule has 0 unspecified atom stereocenters. The van der Waals surface area contributed by atoms with E-state index in [0.717, 1.165) is 0 Å². The van der Waals surface area contributed by atoms with Gasteiger partial charge in [-0.3, -0.25) is 4.79 Å². The van der Waals surface area contributed by atoms with Gasteiger partial charge in [0.05, 0.1) is 6.61 Å². The summed E-state index contributed by atoms with van der Waals surface area (Å²) in [6.07, 6.45) is -1.05. The zero-order valence-electron chi connectivity index (χ0n) is 14.4. The monoisotopic (exact) mass is 349 g/mol. The van der Waals surface area contributed by atoms with Gasteiger partial charge < -0.3 is 24.6 Å². The molecule has 2 rings (SSSR count). The van der Waals surface area contributed by atoms with Crippen LogP contribution in [0.2, 0.25) is 0 Å². The Morgan fingerprint density at radius 1 is 1.08 bits per heavy atom. The molecule has 3 amide bonds. The van der Waals surface area contributed by atoms with Gasteiger partial charge in [0.1, 0.15) is 11.8 Å². The summed E-state index contributed by atoms with van der Waals surface area (Å²) in [7, 11) is 0. The second-order valence-electron chi connectivity index (χ2n) is 5.58. The zero-order valence-corrected chi connectivity index (χ0v) is 14.4.